The molecule has 4 heteroatoms. The molecule has 1 aliphatic carbocycles. The van der Waals surface area contributed by atoms with Gasteiger partial charge >= 0.3 is 0 Å². The highest BCUT2D eigenvalue weighted by Crippen LogP contribution is 2.25. The first-order chi connectivity index (χ1) is 8.65. The highest BCUT2D eigenvalue weighted by molar-refractivity contribution is 5.81. The first kappa shape index (κ1) is 17.6. The summed E-state index contributed by atoms with van der Waals surface area (Å²) in [5, 5.41) is 24.0. The van der Waals surface area contributed by atoms with Crippen molar-refractivity contribution >= 4 is 5.78 Å². The summed E-state index contributed by atoms with van der Waals surface area (Å²) in [5.41, 5.74) is 0. The van der Waals surface area contributed by atoms with Gasteiger partial charge in [-0.05, 0) is 19.3 Å². The maximum atomic E-state index is 11.4. The fourth-order valence-corrected chi connectivity index (χ4v) is 2.06. The van der Waals surface area contributed by atoms with Crippen molar-refractivity contribution in [3.8, 4) is 0 Å². The Morgan fingerprint density at radius 2 is 1.89 bits per heavy atom. The maximum Gasteiger partial charge on any atom is 0.135 e. The predicted octanol–water partition coefficient (Wildman–Crippen LogP) is 1.66. The summed E-state index contributed by atoms with van der Waals surface area (Å²) < 4.78 is 0. The Kier molecular flexibility index (Phi) is 11.3. The van der Waals surface area contributed by atoms with Crippen LogP contribution in [0.15, 0.2) is 0 Å². The van der Waals surface area contributed by atoms with Crippen molar-refractivity contribution in [2.75, 3.05) is 13.2 Å². The molecule has 4 nitrogen and oxygen atoms in total. The summed E-state index contributed by atoms with van der Waals surface area (Å²) in [7, 11) is 0. The third-order valence-electron chi connectivity index (χ3n) is 3.26. The van der Waals surface area contributed by atoms with E-state index >= 15 is 0 Å². The largest absolute Gasteiger partial charge is 0.394 e. The van der Waals surface area contributed by atoms with Crippen LogP contribution in [-0.2, 0) is 4.79 Å². The average Bonchev–Trinajstić information content (AvgIpc) is 2.41. The van der Waals surface area contributed by atoms with Crippen molar-refractivity contribution in [2.45, 2.75) is 64.4 Å². The number of unbranched alkanes of at least 4 members (excludes halogenated alkanes) is 2. The van der Waals surface area contributed by atoms with E-state index in [4.69, 9.17) is 15.3 Å². The molecule has 0 radical (unpaired) electrons. The summed E-state index contributed by atoms with van der Waals surface area (Å²) in [5.74, 6) is 0.975. The number of carbonyl (C=O) groups is 1. The molecule has 0 saturated heterocycles. The number of aliphatic hydroxyl groups excluding tert-OH is 3. The Balaban J connectivity index is 0.000000411. The lowest BCUT2D eigenvalue weighted by Crippen LogP contribution is -2.18. The number of rotatable bonds is 6. The van der Waals surface area contributed by atoms with Gasteiger partial charge in [0.05, 0.1) is 13.2 Å². The Morgan fingerprint density at radius 3 is 2.33 bits per heavy atom. The molecule has 1 rings (SSSR count). The zero-order valence-electron chi connectivity index (χ0n) is 11.5. The quantitative estimate of drug-likeness (QED) is 0.635. The van der Waals surface area contributed by atoms with Gasteiger partial charge in [0.25, 0.3) is 0 Å². The zero-order valence-corrected chi connectivity index (χ0v) is 11.5. The van der Waals surface area contributed by atoms with Crippen LogP contribution in [0, 0.1) is 5.92 Å². The lowest BCUT2D eigenvalue weighted by atomic mass is 9.84. The number of hydrogen-bond donors (Lipinski definition) is 3. The van der Waals surface area contributed by atoms with Crippen LogP contribution in [0.3, 0.4) is 0 Å². The fraction of sp³-hybridized carbons (Fsp3) is 0.929. The van der Waals surface area contributed by atoms with Crippen molar-refractivity contribution in [1.29, 1.82) is 0 Å². The molecule has 0 amide bonds. The molecule has 1 unspecified atom stereocenters. The molecule has 3 N–H and O–H groups in total. The molecule has 0 aliphatic heterocycles. The van der Waals surface area contributed by atoms with E-state index in [1.165, 1.54) is 32.1 Å². The second-order valence-corrected chi connectivity index (χ2v) is 4.92. The molecule has 0 spiro atoms. The smallest absolute Gasteiger partial charge is 0.135 e. The third-order valence-corrected chi connectivity index (χ3v) is 3.26. The van der Waals surface area contributed by atoms with E-state index in [0.29, 0.717) is 11.7 Å². The van der Waals surface area contributed by atoms with Gasteiger partial charge in [-0.3, -0.25) is 4.79 Å². The standard InChI is InChI=1S/C11H20O.C3H8O3/c1-2-3-4-7-10-8-5-6-9-11(10)12;4-1-3(6)2-5/h10H,2-9H2,1H3;3-6H,1-2H2. The third kappa shape index (κ3) is 8.61. The molecule has 1 saturated carbocycles. The SMILES string of the molecule is CCCCCC1CCCCC1=O.OCC(O)CO. The lowest BCUT2D eigenvalue weighted by molar-refractivity contribution is -0.124. The molecular formula is C14H28O4. The minimum absolute atomic E-state index is 0.365. The first-order valence-corrected chi connectivity index (χ1v) is 7.08. The van der Waals surface area contributed by atoms with Gasteiger partial charge in [-0.15, -0.1) is 0 Å². The molecule has 1 atom stereocenters. The number of ketones is 1. The second kappa shape index (κ2) is 11.6. The van der Waals surface area contributed by atoms with Gasteiger partial charge in [0, 0.05) is 12.3 Å². The number of aliphatic hydroxyl groups is 3. The van der Waals surface area contributed by atoms with Crippen LogP contribution in [0.1, 0.15) is 58.3 Å². The molecule has 0 aromatic heterocycles. The van der Waals surface area contributed by atoms with Crippen molar-refractivity contribution in [1.82, 2.24) is 0 Å². The van der Waals surface area contributed by atoms with E-state index in [1.54, 1.807) is 0 Å². The van der Waals surface area contributed by atoms with Gasteiger partial charge in [0.2, 0.25) is 0 Å². The van der Waals surface area contributed by atoms with Crippen LogP contribution in [-0.4, -0.2) is 40.4 Å². The van der Waals surface area contributed by atoms with Crippen LogP contribution in [0.2, 0.25) is 0 Å². The van der Waals surface area contributed by atoms with Crippen molar-refractivity contribution in [3.05, 3.63) is 0 Å². The lowest BCUT2D eigenvalue weighted by Gasteiger charge is -2.19. The predicted molar refractivity (Wildman–Crippen MR) is 71.3 cm³/mol. The minimum Gasteiger partial charge on any atom is -0.394 e. The van der Waals surface area contributed by atoms with Gasteiger partial charge in [-0.25, -0.2) is 0 Å². The summed E-state index contributed by atoms with van der Waals surface area (Å²) in [6, 6.07) is 0. The van der Waals surface area contributed by atoms with E-state index in [0.717, 1.165) is 19.3 Å². The number of hydrogen-bond acceptors (Lipinski definition) is 4. The van der Waals surface area contributed by atoms with Gasteiger partial charge in [0.1, 0.15) is 11.9 Å². The highest BCUT2D eigenvalue weighted by atomic mass is 16.3. The molecule has 1 aliphatic rings. The highest BCUT2D eigenvalue weighted by Gasteiger charge is 2.20. The van der Waals surface area contributed by atoms with E-state index in [-0.39, 0.29) is 13.2 Å². The van der Waals surface area contributed by atoms with Crippen molar-refractivity contribution in [3.63, 3.8) is 0 Å². The van der Waals surface area contributed by atoms with Crippen LogP contribution in [0.25, 0.3) is 0 Å². The van der Waals surface area contributed by atoms with Crippen LogP contribution < -0.4 is 0 Å². The molecule has 108 valence electrons. The van der Waals surface area contributed by atoms with Gasteiger partial charge in [-0.1, -0.05) is 32.6 Å². The minimum atomic E-state index is -0.954. The molecule has 0 bridgehead atoms. The molecule has 1 fully saturated rings. The van der Waals surface area contributed by atoms with Gasteiger partial charge in [-0.2, -0.15) is 0 Å². The molecular weight excluding hydrogens is 232 g/mol. The Morgan fingerprint density at radius 1 is 1.22 bits per heavy atom. The molecule has 0 aromatic rings. The fourth-order valence-electron chi connectivity index (χ4n) is 2.06. The maximum absolute atomic E-state index is 11.4. The molecule has 18 heavy (non-hydrogen) atoms. The second-order valence-electron chi connectivity index (χ2n) is 4.92. The zero-order chi connectivity index (χ0) is 13.8. The summed E-state index contributed by atoms with van der Waals surface area (Å²) in [6.07, 6.45) is 8.47. The summed E-state index contributed by atoms with van der Waals surface area (Å²) >= 11 is 0. The van der Waals surface area contributed by atoms with Crippen molar-refractivity contribution in [2.24, 2.45) is 5.92 Å². The van der Waals surface area contributed by atoms with Gasteiger partial charge < -0.3 is 15.3 Å². The van der Waals surface area contributed by atoms with Crippen LogP contribution in [0.5, 0.6) is 0 Å². The van der Waals surface area contributed by atoms with Crippen molar-refractivity contribution < 1.29 is 20.1 Å². The summed E-state index contributed by atoms with van der Waals surface area (Å²) in [4.78, 5) is 11.4. The van der Waals surface area contributed by atoms with Crippen LogP contribution >= 0.6 is 0 Å². The monoisotopic (exact) mass is 260 g/mol. The number of carbonyl (C=O) groups excluding carboxylic acids is 1. The van der Waals surface area contributed by atoms with E-state index in [1.807, 2.05) is 0 Å². The van der Waals surface area contributed by atoms with Crippen LogP contribution in [0.4, 0.5) is 0 Å². The first-order valence-electron chi connectivity index (χ1n) is 7.08. The number of Topliss-reactive ketones (excluding diaryl/α,β-unsaturated/α-hetero) is 1. The Hall–Kier alpha value is -0.450. The summed E-state index contributed by atoms with van der Waals surface area (Å²) in [6.45, 7) is 1.48. The van der Waals surface area contributed by atoms with E-state index in [2.05, 4.69) is 6.92 Å². The Bertz CT molecular complexity index is 202. The van der Waals surface area contributed by atoms with E-state index < -0.39 is 6.10 Å². The average molecular weight is 260 g/mol. The normalized spacial score (nSPS) is 19.6. The molecule has 0 heterocycles. The Labute approximate surface area is 110 Å². The topological polar surface area (TPSA) is 77.8 Å². The van der Waals surface area contributed by atoms with Gasteiger partial charge in [0.15, 0.2) is 0 Å². The molecule has 0 aromatic carbocycles. The van der Waals surface area contributed by atoms with E-state index in [9.17, 15) is 4.79 Å².